The van der Waals surface area contributed by atoms with Gasteiger partial charge >= 0.3 is 6.03 Å². The summed E-state index contributed by atoms with van der Waals surface area (Å²) in [5, 5.41) is 17.4. The number of urea groups is 1. The summed E-state index contributed by atoms with van der Waals surface area (Å²) in [7, 11) is 0. The van der Waals surface area contributed by atoms with Gasteiger partial charge in [-0.2, -0.15) is 0 Å². The summed E-state index contributed by atoms with van der Waals surface area (Å²) in [5.41, 5.74) is 2.42. The second kappa shape index (κ2) is 7.91. The highest BCUT2D eigenvalue weighted by molar-refractivity contribution is 5.99. The normalized spacial score (nSPS) is 9.95. The van der Waals surface area contributed by atoms with Gasteiger partial charge in [0.2, 0.25) is 0 Å². The van der Waals surface area contributed by atoms with E-state index in [1.54, 1.807) is 0 Å². The molecule has 0 aliphatic carbocycles. The van der Waals surface area contributed by atoms with Crippen LogP contribution in [0, 0.1) is 0 Å². The Hall–Kier alpha value is -2.53. The van der Waals surface area contributed by atoms with Crippen molar-refractivity contribution >= 4 is 23.1 Å². The number of aliphatic hydroxyl groups excluding tert-OH is 1. The van der Waals surface area contributed by atoms with Crippen LogP contribution in [0.25, 0.3) is 0 Å². The smallest absolute Gasteiger partial charge is 0.323 e. The summed E-state index contributed by atoms with van der Waals surface area (Å²) >= 11 is 0. The van der Waals surface area contributed by atoms with Crippen molar-refractivity contribution in [3.63, 3.8) is 0 Å². The number of para-hydroxylation sites is 1. The van der Waals surface area contributed by atoms with Gasteiger partial charge in [-0.1, -0.05) is 18.2 Å². The van der Waals surface area contributed by atoms with Gasteiger partial charge in [0, 0.05) is 30.2 Å². The second-order valence-electron chi connectivity index (χ2n) is 4.53. The zero-order valence-electron chi connectivity index (χ0n) is 11.7. The van der Waals surface area contributed by atoms with E-state index < -0.39 is 0 Å². The molecule has 0 saturated heterocycles. The number of nitrogens with one attached hydrogen (secondary N) is 3. The zero-order chi connectivity index (χ0) is 14.9. The van der Waals surface area contributed by atoms with Gasteiger partial charge in [-0.3, -0.25) is 0 Å². The molecule has 2 aromatic rings. The van der Waals surface area contributed by atoms with Gasteiger partial charge in [-0.05, 0) is 42.8 Å². The van der Waals surface area contributed by atoms with Crippen LogP contribution in [-0.4, -0.2) is 24.3 Å². The van der Waals surface area contributed by atoms with E-state index in [4.69, 9.17) is 5.11 Å². The molecule has 0 aliphatic heterocycles. The lowest BCUT2D eigenvalue weighted by Crippen LogP contribution is -2.19. The van der Waals surface area contributed by atoms with E-state index >= 15 is 0 Å². The molecule has 5 heteroatoms. The minimum Gasteiger partial charge on any atom is -0.396 e. The van der Waals surface area contributed by atoms with Crippen LogP contribution in [-0.2, 0) is 0 Å². The first kappa shape index (κ1) is 14.9. The summed E-state index contributed by atoms with van der Waals surface area (Å²) in [6.45, 7) is 0.893. The van der Waals surface area contributed by atoms with Crippen molar-refractivity contribution < 1.29 is 9.90 Å². The molecule has 0 bridgehead atoms. The molecule has 21 heavy (non-hydrogen) atoms. The number of amides is 2. The molecule has 0 heterocycles. The van der Waals surface area contributed by atoms with Crippen LogP contribution in [0.4, 0.5) is 21.9 Å². The minimum absolute atomic E-state index is 0.173. The number of anilines is 3. The van der Waals surface area contributed by atoms with Crippen LogP contribution in [0.5, 0.6) is 0 Å². The van der Waals surface area contributed by atoms with E-state index in [2.05, 4.69) is 16.0 Å². The summed E-state index contributed by atoms with van der Waals surface area (Å²) in [6, 6.07) is 16.4. The lowest BCUT2D eigenvalue weighted by atomic mass is 10.2. The first-order valence-corrected chi connectivity index (χ1v) is 6.86. The van der Waals surface area contributed by atoms with Gasteiger partial charge in [0.1, 0.15) is 0 Å². The average molecular weight is 285 g/mol. The van der Waals surface area contributed by atoms with Crippen molar-refractivity contribution in [1.29, 1.82) is 0 Å². The minimum atomic E-state index is -0.276. The van der Waals surface area contributed by atoms with Crippen LogP contribution in [0.1, 0.15) is 6.42 Å². The standard InChI is InChI=1S/C16H19N3O2/c20-12-4-11-17-13-7-9-15(10-8-13)19-16(21)18-14-5-2-1-3-6-14/h1-3,5-10,17,20H,4,11-12H2,(H2,18,19,21). The zero-order valence-corrected chi connectivity index (χ0v) is 11.7. The molecular weight excluding hydrogens is 266 g/mol. The molecule has 2 rings (SSSR count). The largest absolute Gasteiger partial charge is 0.396 e. The van der Waals surface area contributed by atoms with E-state index in [0.29, 0.717) is 6.42 Å². The van der Waals surface area contributed by atoms with Crippen molar-refractivity contribution in [2.75, 3.05) is 29.1 Å². The molecule has 0 fully saturated rings. The summed E-state index contributed by atoms with van der Waals surface area (Å²) in [6.07, 6.45) is 0.708. The highest BCUT2D eigenvalue weighted by Gasteiger charge is 2.02. The maximum atomic E-state index is 11.8. The predicted octanol–water partition coefficient (Wildman–Crippen LogP) is 3.12. The Morgan fingerprint density at radius 3 is 2.05 bits per heavy atom. The Balaban J connectivity index is 1.83. The van der Waals surface area contributed by atoms with Crippen molar-refractivity contribution in [1.82, 2.24) is 0 Å². The Bertz CT molecular complexity index is 555. The van der Waals surface area contributed by atoms with Crippen molar-refractivity contribution in [2.24, 2.45) is 0 Å². The van der Waals surface area contributed by atoms with Crippen LogP contribution >= 0.6 is 0 Å². The molecule has 0 aliphatic rings. The Morgan fingerprint density at radius 1 is 0.857 bits per heavy atom. The third kappa shape index (κ3) is 5.16. The van der Waals surface area contributed by atoms with Crippen LogP contribution in [0.2, 0.25) is 0 Å². The van der Waals surface area contributed by atoms with Gasteiger partial charge < -0.3 is 21.1 Å². The van der Waals surface area contributed by atoms with Crippen LogP contribution in [0.15, 0.2) is 54.6 Å². The Labute approximate surface area is 124 Å². The fourth-order valence-corrected chi connectivity index (χ4v) is 1.80. The quantitative estimate of drug-likeness (QED) is 0.616. The molecular formula is C16H19N3O2. The fraction of sp³-hybridized carbons (Fsp3) is 0.188. The monoisotopic (exact) mass is 285 g/mol. The van der Waals surface area contributed by atoms with E-state index in [1.165, 1.54) is 0 Å². The van der Waals surface area contributed by atoms with Crippen LogP contribution in [0.3, 0.4) is 0 Å². The first-order valence-electron chi connectivity index (χ1n) is 6.86. The highest BCUT2D eigenvalue weighted by Crippen LogP contribution is 2.14. The third-order valence-electron chi connectivity index (χ3n) is 2.84. The predicted molar refractivity (Wildman–Crippen MR) is 85.7 cm³/mol. The number of benzene rings is 2. The number of carbonyl (C=O) groups is 1. The van der Waals surface area contributed by atoms with Gasteiger partial charge in [0.15, 0.2) is 0 Å². The number of carbonyl (C=O) groups excluding carboxylic acids is 1. The Morgan fingerprint density at radius 2 is 1.43 bits per heavy atom. The topological polar surface area (TPSA) is 73.4 Å². The third-order valence-corrected chi connectivity index (χ3v) is 2.84. The molecule has 0 aromatic heterocycles. The summed E-state index contributed by atoms with van der Waals surface area (Å²) in [5.74, 6) is 0. The van der Waals surface area contributed by atoms with Gasteiger partial charge in [-0.25, -0.2) is 4.79 Å². The molecule has 4 N–H and O–H groups in total. The van der Waals surface area contributed by atoms with E-state index in [0.717, 1.165) is 23.6 Å². The average Bonchev–Trinajstić information content (AvgIpc) is 2.50. The molecule has 2 aromatic carbocycles. The van der Waals surface area contributed by atoms with Gasteiger partial charge in [0.25, 0.3) is 0 Å². The van der Waals surface area contributed by atoms with Crippen molar-refractivity contribution in [3.8, 4) is 0 Å². The van der Waals surface area contributed by atoms with E-state index in [9.17, 15) is 4.79 Å². The maximum Gasteiger partial charge on any atom is 0.323 e. The summed E-state index contributed by atoms with van der Waals surface area (Å²) in [4.78, 5) is 11.8. The molecule has 0 spiro atoms. The SMILES string of the molecule is O=C(Nc1ccccc1)Nc1ccc(NCCCO)cc1. The van der Waals surface area contributed by atoms with E-state index in [1.807, 2.05) is 54.6 Å². The van der Waals surface area contributed by atoms with Crippen LogP contribution < -0.4 is 16.0 Å². The van der Waals surface area contributed by atoms with Gasteiger partial charge in [0.05, 0.1) is 0 Å². The van der Waals surface area contributed by atoms with Crippen molar-refractivity contribution in [2.45, 2.75) is 6.42 Å². The molecule has 0 unspecified atom stereocenters. The Kier molecular flexibility index (Phi) is 5.60. The summed E-state index contributed by atoms with van der Waals surface area (Å²) < 4.78 is 0. The van der Waals surface area contributed by atoms with Crippen molar-refractivity contribution in [3.05, 3.63) is 54.6 Å². The number of hydrogen-bond acceptors (Lipinski definition) is 3. The van der Waals surface area contributed by atoms with Gasteiger partial charge in [-0.15, -0.1) is 0 Å². The first-order chi connectivity index (χ1) is 10.3. The molecule has 2 amide bonds. The molecule has 0 radical (unpaired) electrons. The lowest BCUT2D eigenvalue weighted by Gasteiger charge is -2.09. The number of hydrogen-bond donors (Lipinski definition) is 4. The number of aliphatic hydroxyl groups is 1. The molecule has 0 atom stereocenters. The number of rotatable bonds is 6. The molecule has 110 valence electrons. The lowest BCUT2D eigenvalue weighted by molar-refractivity contribution is 0.262. The maximum absolute atomic E-state index is 11.8. The van der Waals surface area contributed by atoms with E-state index in [-0.39, 0.29) is 12.6 Å². The molecule has 0 saturated carbocycles. The molecule has 5 nitrogen and oxygen atoms in total. The highest BCUT2D eigenvalue weighted by atomic mass is 16.3. The fourth-order valence-electron chi connectivity index (χ4n) is 1.80. The second-order valence-corrected chi connectivity index (χ2v) is 4.53.